The molecule has 132 valence electrons. The summed E-state index contributed by atoms with van der Waals surface area (Å²) in [5.74, 6) is -1.68. The van der Waals surface area contributed by atoms with E-state index in [-0.39, 0.29) is 19.4 Å². The fourth-order valence-electron chi connectivity index (χ4n) is 3.22. The smallest absolute Gasteiger partial charge is 0.260 e. The topological polar surface area (TPSA) is 32.8 Å². The first-order chi connectivity index (χ1) is 11.5. The molecular weight excluding hydrogens is 321 g/mol. The van der Waals surface area contributed by atoms with Crippen LogP contribution in [0.3, 0.4) is 0 Å². The molecule has 0 spiro atoms. The zero-order valence-electron chi connectivity index (χ0n) is 13.4. The summed E-state index contributed by atoms with van der Waals surface area (Å²) in [5.41, 5.74) is -1.47. The van der Waals surface area contributed by atoms with Crippen molar-refractivity contribution in [3.05, 3.63) is 35.4 Å². The maximum absolute atomic E-state index is 15.0. The van der Waals surface area contributed by atoms with E-state index in [9.17, 15) is 13.6 Å². The van der Waals surface area contributed by atoms with E-state index in [1.54, 1.807) is 0 Å². The van der Waals surface area contributed by atoms with Crippen LogP contribution >= 0.6 is 0 Å². The van der Waals surface area contributed by atoms with Gasteiger partial charge in [0.25, 0.3) is 5.91 Å². The molecule has 2 aliphatic heterocycles. The molecule has 2 aliphatic rings. The fourth-order valence-corrected chi connectivity index (χ4v) is 3.22. The van der Waals surface area contributed by atoms with Gasteiger partial charge in [-0.05, 0) is 6.07 Å². The summed E-state index contributed by atoms with van der Waals surface area (Å²) in [6.07, 6.45) is 0.179. The summed E-state index contributed by atoms with van der Waals surface area (Å²) in [5, 5.41) is 0. The molecular formula is C17H21F3N2O2. The molecule has 4 nitrogen and oxygen atoms in total. The Balaban J connectivity index is 1.57. The van der Waals surface area contributed by atoms with Crippen LogP contribution < -0.4 is 0 Å². The van der Waals surface area contributed by atoms with Gasteiger partial charge in [0.15, 0.2) is 5.67 Å². The van der Waals surface area contributed by atoms with Crippen LogP contribution in [0.1, 0.15) is 18.4 Å². The van der Waals surface area contributed by atoms with Crippen molar-refractivity contribution in [3.63, 3.8) is 0 Å². The number of nitrogens with zero attached hydrogens (tertiary/aromatic N) is 2. The molecule has 1 aromatic rings. The Morgan fingerprint density at radius 3 is 2.42 bits per heavy atom. The Hall–Kier alpha value is -1.60. The second kappa shape index (κ2) is 7.11. The number of carbonyl (C=O) groups is 1. The maximum Gasteiger partial charge on any atom is 0.260 e. The van der Waals surface area contributed by atoms with Crippen LogP contribution in [0.25, 0.3) is 0 Å². The number of piperidine rings is 1. The van der Waals surface area contributed by atoms with E-state index in [1.165, 1.54) is 17.0 Å². The Bertz CT molecular complexity index is 597. The van der Waals surface area contributed by atoms with E-state index >= 15 is 4.39 Å². The lowest BCUT2D eigenvalue weighted by Gasteiger charge is -2.39. The second-order valence-corrected chi connectivity index (χ2v) is 6.38. The van der Waals surface area contributed by atoms with Crippen molar-refractivity contribution in [1.29, 1.82) is 0 Å². The van der Waals surface area contributed by atoms with Crippen molar-refractivity contribution in [1.82, 2.24) is 9.80 Å². The second-order valence-electron chi connectivity index (χ2n) is 6.38. The van der Waals surface area contributed by atoms with Gasteiger partial charge < -0.3 is 9.64 Å². The molecule has 0 N–H and O–H groups in total. The monoisotopic (exact) mass is 342 g/mol. The van der Waals surface area contributed by atoms with Gasteiger partial charge in [-0.3, -0.25) is 9.69 Å². The summed E-state index contributed by atoms with van der Waals surface area (Å²) in [6, 6.07) is 3.46. The van der Waals surface area contributed by atoms with Crippen molar-refractivity contribution < 1.29 is 22.7 Å². The number of benzene rings is 1. The minimum Gasteiger partial charge on any atom is -0.378 e. The first-order valence-electron chi connectivity index (χ1n) is 8.20. The van der Waals surface area contributed by atoms with E-state index in [1.807, 2.05) is 4.90 Å². The summed E-state index contributed by atoms with van der Waals surface area (Å²) < 4.78 is 46.9. The zero-order valence-corrected chi connectivity index (χ0v) is 13.4. The lowest BCUT2D eigenvalue weighted by Crippen LogP contribution is -2.54. The number of rotatable bonds is 3. The molecule has 1 aromatic carbocycles. The molecule has 1 amide bonds. The first kappa shape index (κ1) is 17.2. The molecule has 2 fully saturated rings. The summed E-state index contributed by atoms with van der Waals surface area (Å²) in [6.45, 7) is 2.75. The van der Waals surface area contributed by atoms with Crippen molar-refractivity contribution in [2.75, 3.05) is 39.4 Å². The number of alkyl halides is 1. The third-order valence-electron chi connectivity index (χ3n) is 4.74. The predicted octanol–water partition coefficient (Wildman–Crippen LogP) is 2.13. The molecule has 0 radical (unpaired) electrons. The highest BCUT2D eigenvalue weighted by Gasteiger charge is 2.44. The highest BCUT2D eigenvalue weighted by atomic mass is 19.1. The minimum atomic E-state index is -1.85. The number of carbonyl (C=O) groups excluding carboxylic acids is 1. The normalized spacial score (nSPS) is 21.7. The Kier molecular flexibility index (Phi) is 5.10. The van der Waals surface area contributed by atoms with Gasteiger partial charge in [-0.25, -0.2) is 13.2 Å². The van der Waals surface area contributed by atoms with E-state index in [4.69, 9.17) is 4.74 Å². The van der Waals surface area contributed by atoms with Gasteiger partial charge in [-0.2, -0.15) is 0 Å². The molecule has 2 saturated heterocycles. The molecule has 0 unspecified atom stereocenters. The molecule has 24 heavy (non-hydrogen) atoms. The largest absolute Gasteiger partial charge is 0.378 e. The Morgan fingerprint density at radius 1 is 1.12 bits per heavy atom. The average Bonchev–Trinajstić information content (AvgIpc) is 2.59. The number of ether oxygens (including phenoxy) is 1. The highest BCUT2D eigenvalue weighted by molar-refractivity contribution is 5.85. The first-order valence-corrected chi connectivity index (χ1v) is 8.20. The standard InChI is InChI=1S/C17H21F3N2O2/c18-14-2-1-13(15(19)11-14)12-21-5-3-17(20,4-6-21)16(23)22-7-9-24-10-8-22/h1-2,11H,3-10,12H2. The highest BCUT2D eigenvalue weighted by Crippen LogP contribution is 2.30. The van der Waals surface area contributed by atoms with Crippen LogP contribution in [-0.4, -0.2) is 60.8 Å². The SMILES string of the molecule is O=C(N1CCOCC1)C1(F)CCN(Cc2ccc(F)cc2F)CC1. The summed E-state index contributed by atoms with van der Waals surface area (Å²) in [7, 11) is 0. The van der Waals surface area contributed by atoms with Gasteiger partial charge in [-0.1, -0.05) is 6.07 Å². The van der Waals surface area contributed by atoms with Crippen molar-refractivity contribution in [2.24, 2.45) is 0 Å². The number of amides is 1. The lowest BCUT2D eigenvalue weighted by atomic mass is 9.91. The van der Waals surface area contributed by atoms with E-state index < -0.39 is 23.2 Å². The molecule has 0 aliphatic carbocycles. The van der Waals surface area contributed by atoms with Crippen LogP contribution in [0, 0.1) is 11.6 Å². The van der Waals surface area contributed by atoms with Gasteiger partial charge in [0.2, 0.25) is 0 Å². The predicted molar refractivity (Wildman–Crippen MR) is 82.1 cm³/mol. The lowest BCUT2D eigenvalue weighted by molar-refractivity contribution is -0.151. The Labute approximate surface area is 139 Å². The van der Waals surface area contributed by atoms with Crippen LogP contribution in [0.5, 0.6) is 0 Å². The number of hydrogen-bond acceptors (Lipinski definition) is 3. The van der Waals surface area contributed by atoms with E-state index in [0.29, 0.717) is 45.0 Å². The number of hydrogen-bond donors (Lipinski definition) is 0. The molecule has 3 rings (SSSR count). The van der Waals surface area contributed by atoms with Crippen molar-refractivity contribution >= 4 is 5.91 Å². The quantitative estimate of drug-likeness (QED) is 0.844. The van der Waals surface area contributed by atoms with Gasteiger partial charge in [0.05, 0.1) is 13.2 Å². The number of morpholine rings is 1. The molecule has 0 atom stereocenters. The molecule has 0 saturated carbocycles. The number of halogens is 3. The van der Waals surface area contributed by atoms with Crippen molar-refractivity contribution in [2.45, 2.75) is 25.1 Å². The van der Waals surface area contributed by atoms with Gasteiger partial charge in [0.1, 0.15) is 11.6 Å². The summed E-state index contributed by atoms with van der Waals surface area (Å²) >= 11 is 0. The third kappa shape index (κ3) is 3.72. The van der Waals surface area contributed by atoms with Gasteiger partial charge >= 0.3 is 0 Å². The molecule has 2 heterocycles. The zero-order chi connectivity index (χ0) is 17.2. The maximum atomic E-state index is 15.0. The number of likely N-dealkylation sites (tertiary alicyclic amines) is 1. The molecule has 0 bridgehead atoms. The van der Waals surface area contributed by atoms with Crippen LogP contribution in [0.4, 0.5) is 13.2 Å². The van der Waals surface area contributed by atoms with E-state index in [0.717, 1.165) is 6.07 Å². The third-order valence-corrected chi connectivity index (χ3v) is 4.74. The van der Waals surface area contributed by atoms with Gasteiger partial charge in [0, 0.05) is 57.2 Å². The summed E-state index contributed by atoms with van der Waals surface area (Å²) in [4.78, 5) is 15.8. The molecule has 7 heteroatoms. The van der Waals surface area contributed by atoms with Gasteiger partial charge in [-0.15, -0.1) is 0 Å². The fraction of sp³-hybridized carbons (Fsp3) is 0.588. The van der Waals surface area contributed by atoms with Crippen molar-refractivity contribution in [3.8, 4) is 0 Å². The van der Waals surface area contributed by atoms with Crippen LogP contribution in [0.15, 0.2) is 18.2 Å². The molecule has 0 aromatic heterocycles. The Morgan fingerprint density at radius 2 is 1.79 bits per heavy atom. The van der Waals surface area contributed by atoms with Crippen LogP contribution in [-0.2, 0) is 16.1 Å². The van der Waals surface area contributed by atoms with Crippen LogP contribution in [0.2, 0.25) is 0 Å². The minimum absolute atomic E-state index is 0.0893. The average molecular weight is 342 g/mol. The van der Waals surface area contributed by atoms with E-state index in [2.05, 4.69) is 0 Å².